The first-order valence-electron chi connectivity index (χ1n) is 23.0. The maximum atomic E-state index is 14.3. The molecule has 0 bridgehead atoms. The molecule has 0 aliphatic heterocycles. The van der Waals surface area contributed by atoms with Gasteiger partial charge in [-0.3, -0.25) is 0 Å². The predicted octanol–water partition coefficient (Wildman–Crippen LogP) is 14.6. The second kappa shape index (κ2) is 23.5. The fraction of sp³-hybridized carbons (Fsp3) is 0.686. The second-order valence-electron chi connectivity index (χ2n) is 17.7. The van der Waals surface area contributed by atoms with Gasteiger partial charge in [-0.15, -0.1) is 0 Å². The maximum absolute atomic E-state index is 14.3. The van der Waals surface area contributed by atoms with Crippen LogP contribution in [0.2, 0.25) is 0 Å². The molecule has 0 atom stereocenters. The van der Waals surface area contributed by atoms with Gasteiger partial charge in [0, 0.05) is 11.8 Å². The Hall–Kier alpha value is -3.12. The summed E-state index contributed by atoms with van der Waals surface area (Å²) in [5.74, 6) is 14.6. The average Bonchev–Trinajstić information content (AvgIpc) is 3.25. The molecule has 4 aliphatic carbocycles. The van der Waals surface area contributed by atoms with Gasteiger partial charge in [-0.2, -0.15) is 8.78 Å². The van der Waals surface area contributed by atoms with Crippen molar-refractivity contribution in [3.8, 4) is 35.2 Å². The van der Waals surface area contributed by atoms with Gasteiger partial charge >= 0.3 is 0 Å². The van der Waals surface area contributed by atoms with Gasteiger partial charge < -0.3 is 9.47 Å². The summed E-state index contributed by atoms with van der Waals surface area (Å²) in [5.41, 5.74) is 0.282. The predicted molar refractivity (Wildman–Crippen MR) is 225 cm³/mol. The van der Waals surface area contributed by atoms with Crippen LogP contribution in [0.15, 0.2) is 24.3 Å². The summed E-state index contributed by atoms with van der Waals surface area (Å²) in [4.78, 5) is 0. The Bertz CT molecular complexity index is 1630. The Kier molecular flexibility index (Phi) is 18.5. The van der Waals surface area contributed by atoms with Crippen molar-refractivity contribution >= 4 is 0 Å². The molecule has 0 aromatic heterocycles. The molecule has 2 nitrogen and oxygen atoms in total. The minimum absolute atomic E-state index is 0.0240. The lowest BCUT2D eigenvalue weighted by molar-refractivity contribution is 0.154. The van der Waals surface area contributed by atoms with E-state index in [0.29, 0.717) is 25.0 Å². The highest BCUT2D eigenvalue weighted by Crippen LogP contribution is 2.43. The number of halogens is 4. The van der Waals surface area contributed by atoms with Crippen LogP contribution in [0.1, 0.15) is 174 Å². The molecule has 57 heavy (non-hydrogen) atoms. The van der Waals surface area contributed by atoms with Crippen molar-refractivity contribution in [2.45, 2.75) is 163 Å². The molecule has 0 N–H and O–H groups in total. The van der Waals surface area contributed by atoms with Crippen LogP contribution in [0.4, 0.5) is 17.6 Å². The van der Waals surface area contributed by atoms with E-state index in [4.69, 9.17) is 9.47 Å². The number of hydrogen-bond acceptors (Lipinski definition) is 2. The highest BCUT2D eigenvalue weighted by Gasteiger charge is 2.31. The Morgan fingerprint density at radius 1 is 0.456 bits per heavy atom. The molecule has 6 rings (SSSR count). The normalized spacial score (nSPS) is 27.4. The van der Waals surface area contributed by atoms with E-state index in [9.17, 15) is 17.6 Å². The zero-order chi connectivity index (χ0) is 40.6. The van der Waals surface area contributed by atoms with Crippen LogP contribution in [-0.2, 0) is 0 Å². The SMILES string of the molecule is CCCOc1ccc(C#CC2CCC(C3CCC(CC)CC3)CC2)c(F)c1F.CCCOc1ccc(C#CC2CCC(C3CCC(CCC)CC3)CC2)c(F)c1F. The van der Waals surface area contributed by atoms with E-state index in [0.717, 1.165) is 74.0 Å². The lowest BCUT2D eigenvalue weighted by Gasteiger charge is -2.37. The molecular weight excluding hydrogens is 721 g/mol. The summed E-state index contributed by atoms with van der Waals surface area (Å²) in [5, 5.41) is 0. The Morgan fingerprint density at radius 3 is 1.18 bits per heavy atom. The van der Waals surface area contributed by atoms with Gasteiger partial charge in [-0.1, -0.05) is 96.3 Å². The van der Waals surface area contributed by atoms with E-state index in [2.05, 4.69) is 37.5 Å². The maximum Gasteiger partial charge on any atom is 0.201 e. The minimum Gasteiger partial charge on any atom is -0.490 e. The topological polar surface area (TPSA) is 18.5 Å². The largest absolute Gasteiger partial charge is 0.490 e. The van der Waals surface area contributed by atoms with E-state index >= 15 is 0 Å². The summed E-state index contributed by atoms with van der Waals surface area (Å²) in [6, 6.07) is 6.05. The summed E-state index contributed by atoms with van der Waals surface area (Å²) < 4.78 is 67.2. The quantitative estimate of drug-likeness (QED) is 0.167. The van der Waals surface area contributed by atoms with Crippen LogP contribution in [0.5, 0.6) is 11.5 Å². The molecule has 0 unspecified atom stereocenters. The highest BCUT2D eigenvalue weighted by atomic mass is 19.2. The Balaban J connectivity index is 0.000000218. The zero-order valence-electron chi connectivity index (χ0n) is 35.5. The summed E-state index contributed by atoms with van der Waals surface area (Å²) in [7, 11) is 0. The first-order valence-corrected chi connectivity index (χ1v) is 23.0. The highest BCUT2D eigenvalue weighted by molar-refractivity contribution is 5.42. The summed E-state index contributed by atoms with van der Waals surface area (Å²) in [6.45, 7) is 9.23. The molecule has 314 valence electrons. The van der Waals surface area contributed by atoms with Crippen molar-refractivity contribution in [2.75, 3.05) is 13.2 Å². The van der Waals surface area contributed by atoms with E-state index in [1.165, 1.54) is 121 Å². The smallest absolute Gasteiger partial charge is 0.201 e. The molecule has 0 amide bonds. The number of hydrogen-bond donors (Lipinski definition) is 0. The molecule has 2 aromatic carbocycles. The van der Waals surface area contributed by atoms with Gasteiger partial charge in [0.05, 0.1) is 24.3 Å². The molecule has 0 saturated heterocycles. The number of ether oxygens (including phenoxy) is 2. The van der Waals surface area contributed by atoms with E-state index < -0.39 is 23.3 Å². The molecular formula is C51H70F4O2. The summed E-state index contributed by atoms with van der Waals surface area (Å²) >= 11 is 0. The van der Waals surface area contributed by atoms with E-state index in [1.807, 2.05) is 13.8 Å². The van der Waals surface area contributed by atoms with Gasteiger partial charge in [-0.25, -0.2) is 8.78 Å². The Labute approximate surface area is 343 Å². The first kappa shape index (κ1) is 45.0. The van der Waals surface area contributed by atoms with Gasteiger partial charge in [-0.05, 0) is 150 Å². The van der Waals surface area contributed by atoms with E-state index in [1.54, 1.807) is 0 Å². The van der Waals surface area contributed by atoms with Crippen molar-refractivity contribution in [2.24, 2.45) is 47.3 Å². The molecule has 4 aliphatic rings. The molecule has 2 aromatic rings. The van der Waals surface area contributed by atoms with Gasteiger partial charge in [0.2, 0.25) is 11.6 Å². The van der Waals surface area contributed by atoms with Gasteiger partial charge in [0.15, 0.2) is 23.1 Å². The monoisotopic (exact) mass is 791 g/mol. The van der Waals surface area contributed by atoms with Crippen molar-refractivity contribution in [1.29, 1.82) is 0 Å². The third kappa shape index (κ3) is 13.2. The standard InChI is InChI=1S/C26H36F2O.C25H34F2O/c1-3-5-19-6-11-21(12-7-19)22-13-8-20(9-14-22)10-15-23-16-17-24(29-18-4-2)26(28)25(23)27;1-3-17-28-23-16-15-22(24(26)25(23)27)14-9-19-7-12-21(13-8-19)20-10-5-18(4-2)6-11-20/h16-17,19-22H,3-9,11-14,18H2,1-2H3;15-16,18-21H,3-8,10-13,17H2,1-2H3. The third-order valence-corrected chi connectivity index (χ3v) is 13.8. The molecule has 4 fully saturated rings. The van der Waals surface area contributed by atoms with E-state index in [-0.39, 0.29) is 22.6 Å². The van der Waals surface area contributed by atoms with Crippen molar-refractivity contribution in [3.63, 3.8) is 0 Å². The number of benzene rings is 2. The van der Waals surface area contributed by atoms with Crippen molar-refractivity contribution in [1.82, 2.24) is 0 Å². The Morgan fingerprint density at radius 2 is 0.825 bits per heavy atom. The van der Waals surface area contributed by atoms with Gasteiger partial charge in [0.25, 0.3) is 0 Å². The first-order chi connectivity index (χ1) is 27.7. The van der Waals surface area contributed by atoms with Crippen LogP contribution >= 0.6 is 0 Å². The van der Waals surface area contributed by atoms with Crippen LogP contribution in [0.3, 0.4) is 0 Å². The average molecular weight is 791 g/mol. The minimum atomic E-state index is -0.924. The molecule has 0 heterocycles. The molecule has 4 saturated carbocycles. The summed E-state index contributed by atoms with van der Waals surface area (Å²) in [6.07, 6.45) is 26.1. The van der Waals surface area contributed by atoms with Crippen LogP contribution in [0.25, 0.3) is 0 Å². The third-order valence-electron chi connectivity index (χ3n) is 13.8. The zero-order valence-corrected chi connectivity index (χ0v) is 35.5. The van der Waals surface area contributed by atoms with Crippen molar-refractivity contribution in [3.05, 3.63) is 58.7 Å². The van der Waals surface area contributed by atoms with Crippen LogP contribution in [0, 0.1) is 94.3 Å². The van der Waals surface area contributed by atoms with Crippen LogP contribution in [-0.4, -0.2) is 13.2 Å². The van der Waals surface area contributed by atoms with Crippen molar-refractivity contribution < 1.29 is 27.0 Å². The lowest BCUT2D eigenvalue weighted by atomic mass is 9.69. The fourth-order valence-corrected chi connectivity index (χ4v) is 10.2. The fourth-order valence-electron chi connectivity index (χ4n) is 10.2. The lowest BCUT2D eigenvalue weighted by Crippen LogP contribution is -2.25. The van der Waals surface area contributed by atoms with Crippen LogP contribution < -0.4 is 9.47 Å². The molecule has 0 radical (unpaired) electrons. The second-order valence-corrected chi connectivity index (χ2v) is 17.7. The molecule has 0 spiro atoms. The molecule has 6 heteroatoms. The number of rotatable bonds is 11. The van der Waals surface area contributed by atoms with Gasteiger partial charge in [0.1, 0.15) is 0 Å².